The zero-order valence-electron chi connectivity index (χ0n) is 8.46. The van der Waals surface area contributed by atoms with E-state index in [2.05, 4.69) is 34.3 Å². The Balaban J connectivity index is 2.33. The molecule has 2 aromatic rings. The molecule has 0 saturated heterocycles. The second kappa shape index (κ2) is 4.79. The van der Waals surface area contributed by atoms with Crippen LogP contribution in [0.1, 0.15) is 5.56 Å². The summed E-state index contributed by atoms with van der Waals surface area (Å²) < 4.78 is 0. The van der Waals surface area contributed by atoms with Gasteiger partial charge in [-0.05, 0) is 46.6 Å². The van der Waals surface area contributed by atoms with Gasteiger partial charge in [-0.15, -0.1) is 0 Å². The van der Waals surface area contributed by atoms with E-state index in [9.17, 15) is 0 Å². The fourth-order valence-corrected chi connectivity index (χ4v) is 2.40. The zero-order chi connectivity index (χ0) is 10.7. The minimum atomic E-state index is 0.808. The summed E-state index contributed by atoms with van der Waals surface area (Å²) in [6.07, 6.45) is 0. The van der Waals surface area contributed by atoms with Crippen molar-refractivity contribution in [2.45, 2.75) is 6.54 Å². The van der Waals surface area contributed by atoms with Crippen LogP contribution in [0.3, 0.4) is 0 Å². The van der Waals surface area contributed by atoms with Crippen LogP contribution < -0.4 is 5.32 Å². The van der Waals surface area contributed by atoms with Crippen LogP contribution in [0.5, 0.6) is 0 Å². The van der Waals surface area contributed by atoms with Crippen LogP contribution in [0.15, 0.2) is 35.0 Å². The number of thiophene rings is 1. The number of nitrogens with one attached hydrogen (secondary N) is 1. The van der Waals surface area contributed by atoms with Crippen LogP contribution in [-0.4, -0.2) is 7.05 Å². The molecule has 78 valence electrons. The summed E-state index contributed by atoms with van der Waals surface area (Å²) >= 11 is 7.89. The molecule has 1 aromatic carbocycles. The first-order chi connectivity index (χ1) is 7.31. The second-order valence-electron chi connectivity index (χ2n) is 3.35. The average Bonchev–Trinajstić information content (AvgIpc) is 2.74. The Kier molecular flexibility index (Phi) is 3.41. The minimum absolute atomic E-state index is 0.808. The molecule has 15 heavy (non-hydrogen) atoms. The highest BCUT2D eigenvalue weighted by atomic mass is 35.5. The first-order valence-electron chi connectivity index (χ1n) is 4.77. The molecule has 1 heterocycles. The van der Waals surface area contributed by atoms with Crippen molar-refractivity contribution in [1.82, 2.24) is 5.32 Å². The van der Waals surface area contributed by atoms with Crippen LogP contribution >= 0.6 is 22.9 Å². The summed E-state index contributed by atoms with van der Waals surface area (Å²) in [7, 11) is 1.92. The van der Waals surface area contributed by atoms with Crippen molar-refractivity contribution in [3.8, 4) is 11.1 Å². The molecule has 0 atom stereocenters. The average molecular weight is 238 g/mol. The third kappa shape index (κ3) is 2.40. The van der Waals surface area contributed by atoms with Crippen molar-refractivity contribution in [3.63, 3.8) is 0 Å². The molecule has 2 rings (SSSR count). The molecule has 0 unspecified atom stereocenters. The monoisotopic (exact) mass is 237 g/mol. The van der Waals surface area contributed by atoms with Crippen LogP contribution in [0.25, 0.3) is 11.1 Å². The molecule has 0 aliphatic rings. The molecule has 0 amide bonds. The molecule has 1 nitrogen and oxygen atoms in total. The van der Waals surface area contributed by atoms with Crippen molar-refractivity contribution < 1.29 is 0 Å². The van der Waals surface area contributed by atoms with E-state index in [-0.39, 0.29) is 0 Å². The van der Waals surface area contributed by atoms with Gasteiger partial charge in [0, 0.05) is 11.6 Å². The Bertz CT molecular complexity index is 437. The molecule has 0 saturated carbocycles. The third-order valence-corrected chi connectivity index (χ3v) is 3.31. The van der Waals surface area contributed by atoms with E-state index >= 15 is 0 Å². The van der Waals surface area contributed by atoms with Crippen LogP contribution in [0, 0.1) is 0 Å². The van der Waals surface area contributed by atoms with E-state index in [1.165, 1.54) is 11.1 Å². The van der Waals surface area contributed by atoms with Gasteiger partial charge in [-0.2, -0.15) is 11.3 Å². The standard InChI is InChI=1S/C12H12ClNS/c1-14-7-10-3-2-9(6-12(10)13)11-4-5-15-8-11/h2-6,8,14H,7H2,1H3. The molecule has 0 aliphatic carbocycles. The third-order valence-electron chi connectivity index (χ3n) is 2.27. The Morgan fingerprint density at radius 3 is 2.73 bits per heavy atom. The highest BCUT2D eigenvalue weighted by Crippen LogP contribution is 2.27. The predicted octanol–water partition coefficient (Wildman–Crippen LogP) is 3.79. The number of hydrogen-bond acceptors (Lipinski definition) is 2. The fraction of sp³-hybridized carbons (Fsp3) is 0.167. The number of benzene rings is 1. The highest BCUT2D eigenvalue weighted by Gasteiger charge is 2.03. The van der Waals surface area contributed by atoms with E-state index in [0.717, 1.165) is 17.1 Å². The lowest BCUT2D eigenvalue weighted by atomic mass is 10.1. The maximum absolute atomic E-state index is 6.19. The van der Waals surface area contributed by atoms with Crippen LogP contribution in [0.2, 0.25) is 5.02 Å². The lowest BCUT2D eigenvalue weighted by Gasteiger charge is -2.05. The van der Waals surface area contributed by atoms with Gasteiger partial charge in [0.05, 0.1) is 0 Å². The maximum atomic E-state index is 6.19. The molecule has 0 aliphatic heterocycles. The van der Waals surface area contributed by atoms with Crippen LogP contribution in [-0.2, 0) is 6.54 Å². The van der Waals surface area contributed by atoms with E-state index in [4.69, 9.17) is 11.6 Å². The topological polar surface area (TPSA) is 12.0 Å². The van der Waals surface area contributed by atoms with Gasteiger partial charge in [0.2, 0.25) is 0 Å². The SMILES string of the molecule is CNCc1ccc(-c2ccsc2)cc1Cl. The molecular weight excluding hydrogens is 226 g/mol. The van der Waals surface area contributed by atoms with Gasteiger partial charge in [-0.25, -0.2) is 0 Å². The fourth-order valence-electron chi connectivity index (χ4n) is 1.49. The lowest BCUT2D eigenvalue weighted by molar-refractivity contribution is 0.818. The van der Waals surface area contributed by atoms with Gasteiger partial charge >= 0.3 is 0 Å². The van der Waals surface area contributed by atoms with E-state index in [0.29, 0.717) is 0 Å². The quantitative estimate of drug-likeness (QED) is 0.857. The number of rotatable bonds is 3. The van der Waals surface area contributed by atoms with Crippen molar-refractivity contribution in [1.29, 1.82) is 0 Å². The number of halogens is 1. The molecule has 0 spiro atoms. The molecule has 0 radical (unpaired) electrons. The summed E-state index contributed by atoms with van der Waals surface area (Å²) in [6.45, 7) is 0.808. The molecule has 3 heteroatoms. The molecule has 0 fully saturated rings. The van der Waals surface area contributed by atoms with Gasteiger partial charge in [0.1, 0.15) is 0 Å². The Labute approximate surface area is 98.7 Å². The van der Waals surface area contributed by atoms with E-state index in [1.807, 2.05) is 13.1 Å². The maximum Gasteiger partial charge on any atom is 0.0457 e. The number of hydrogen-bond donors (Lipinski definition) is 1. The van der Waals surface area contributed by atoms with Crippen molar-refractivity contribution in [2.24, 2.45) is 0 Å². The summed E-state index contributed by atoms with van der Waals surface area (Å²) in [5, 5.41) is 8.13. The summed E-state index contributed by atoms with van der Waals surface area (Å²) in [5.41, 5.74) is 3.55. The van der Waals surface area contributed by atoms with Gasteiger partial charge in [-0.1, -0.05) is 23.7 Å². The van der Waals surface area contributed by atoms with Crippen molar-refractivity contribution in [2.75, 3.05) is 7.05 Å². The summed E-state index contributed by atoms with van der Waals surface area (Å²) in [5.74, 6) is 0. The normalized spacial score (nSPS) is 10.5. The molecule has 0 bridgehead atoms. The first-order valence-corrected chi connectivity index (χ1v) is 6.09. The molecule has 1 aromatic heterocycles. The largest absolute Gasteiger partial charge is 0.316 e. The zero-order valence-corrected chi connectivity index (χ0v) is 10.0. The van der Waals surface area contributed by atoms with Gasteiger partial charge in [0.25, 0.3) is 0 Å². The van der Waals surface area contributed by atoms with Crippen LogP contribution in [0.4, 0.5) is 0 Å². The first kappa shape index (κ1) is 10.7. The van der Waals surface area contributed by atoms with E-state index < -0.39 is 0 Å². The summed E-state index contributed by atoms with van der Waals surface area (Å²) in [4.78, 5) is 0. The Hall–Kier alpha value is -0.830. The predicted molar refractivity (Wildman–Crippen MR) is 67.5 cm³/mol. The van der Waals surface area contributed by atoms with E-state index in [1.54, 1.807) is 11.3 Å². The minimum Gasteiger partial charge on any atom is -0.316 e. The van der Waals surface area contributed by atoms with Gasteiger partial charge in [-0.3, -0.25) is 0 Å². The van der Waals surface area contributed by atoms with Gasteiger partial charge in [0.15, 0.2) is 0 Å². The van der Waals surface area contributed by atoms with Crippen molar-refractivity contribution >= 4 is 22.9 Å². The smallest absolute Gasteiger partial charge is 0.0457 e. The van der Waals surface area contributed by atoms with Gasteiger partial charge < -0.3 is 5.32 Å². The second-order valence-corrected chi connectivity index (χ2v) is 4.54. The highest BCUT2D eigenvalue weighted by molar-refractivity contribution is 7.08. The molecule has 1 N–H and O–H groups in total. The van der Waals surface area contributed by atoms with Crippen molar-refractivity contribution in [3.05, 3.63) is 45.6 Å². The Morgan fingerprint density at radius 1 is 1.27 bits per heavy atom. The Morgan fingerprint density at radius 2 is 2.13 bits per heavy atom. The lowest BCUT2D eigenvalue weighted by Crippen LogP contribution is -2.05. The molecular formula is C12H12ClNS. The summed E-state index contributed by atoms with van der Waals surface area (Å²) in [6, 6.07) is 8.32.